The maximum atomic E-state index is 13.0. The highest BCUT2D eigenvalue weighted by molar-refractivity contribution is 7.13. The summed E-state index contributed by atoms with van der Waals surface area (Å²) in [7, 11) is 1.72. The van der Waals surface area contributed by atoms with E-state index in [0.717, 1.165) is 5.56 Å². The average molecular weight is 541 g/mol. The van der Waals surface area contributed by atoms with Crippen LogP contribution < -0.4 is 5.32 Å². The van der Waals surface area contributed by atoms with E-state index in [0.29, 0.717) is 43.9 Å². The molecule has 2 aromatic heterocycles. The Kier molecular flexibility index (Phi) is 9.48. The Bertz CT molecular complexity index is 1180. The summed E-state index contributed by atoms with van der Waals surface area (Å²) < 4.78 is 7.97. The van der Waals surface area contributed by atoms with Gasteiger partial charge in [-0.3, -0.25) is 9.48 Å². The van der Waals surface area contributed by atoms with Crippen LogP contribution in [0.1, 0.15) is 32.4 Å². The molecule has 1 aromatic carbocycles. The van der Waals surface area contributed by atoms with Crippen LogP contribution in [-0.4, -0.2) is 80.7 Å². The molecular weight excluding hydrogens is 504 g/mol. The van der Waals surface area contributed by atoms with Crippen LogP contribution in [0.25, 0.3) is 10.4 Å². The molecule has 3 aromatic rings. The molecule has 0 saturated heterocycles. The standard InChI is InChI=1S/C27H36N6O4S/c1-19-14-33(20(2)17-34)26(35)7-4-12-32-15-23(29-30-32)18-37-24(19)16-31(3)27(36)28-22-10-8-21(9-11-22)25-6-5-13-38-25/h5-6,8-11,13,15,19-20,24,34H,4,7,12,14,16-18H2,1-3H3,(H,28,36)/t19-,20+,24+/m0/s1. The van der Waals surface area contributed by atoms with Crippen LogP contribution in [0, 0.1) is 5.92 Å². The number of carbonyl (C=O) groups excluding carboxylic acids is 2. The highest BCUT2D eigenvalue weighted by Gasteiger charge is 2.29. The van der Waals surface area contributed by atoms with Crippen molar-refractivity contribution >= 4 is 29.0 Å². The largest absolute Gasteiger partial charge is 0.394 e. The highest BCUT2D eigenvalue weighted by Crippen LogP contribution is 2.26. The predicted octanol–water partition coefficient (Wildman–Crippen LogP) is 3.70. The number of likely N-dealkylation sites (N-methyl/N-ethyl adjacent to an activating group) is 1. The van der Waals surface area contributed by atoms with E-state index in [1.54, 1.807) is 32.9 Å². The molecule has 38 heavy (non-hydrogen) atoms. The molecule has 3 amide bonds. The molecule has 1 aliphatic rings. The molecule has 10 nitrogen and oxygen atoms in total. The van der Waals surface area contributed by atoms with Crippen LogP contribution in [0.2, 0.25) is 0 Å². The number of ether oxygens (including phenoxy) is 1. The van der Waals surface area contributed by atoms with Crippen molar-refractivity contribution in [2.45, 2.75) is 52.0 Å². The number of fused-ring (bicyclic) bond motifs is 2. The Morgan fingerprint density at radius 2 is 2.11 bits per heavy atom. The second-order valence-corrected chi connectivity index (χ2v) is 10.8. The Balaban J connectivity index is 1.44. The molecule has 204 valence electrons. The van der Waals surface area contributed by atoms with E-state index in [4.69, 9.17) is 4.74 Å². The number of aliphatic hydroxyl groups excluding tert-OH is 1. The summed E-state index contributed by atoms with van der Waals surface area (Å²) in [5.74, 6) is -0.127. The molecule has 0 fully saturated rings. The lowest BCUT2D eigenvalue weighted by Gasteiger charge is -2.35. The SMILES string of the molecule is C[C@H](CO)N1C[C@H](C)[C@@H](CN(C)C(=O)Nc2ccc(-c3cccs3)cc2)OCc2cn(nn2)CCCC1=O. The van der Waals surface area contributed by atoms with Gasteiger partial charge in [0.2, 0.25) is 5.91 Å². The van der Waals surface area contributed by atoms with Gasteiger partial charge in [0, 0.05) is 49.6 Å². The number of amides is 3. The van der Waals surface area contributed by atoms with Crippen molar-refractivity contribution < 1.29 is 19.4 Å². The number of nitrogens with one attached hydrogen (secondary N) is 1. The summed E-state index contributed by atoms with van der Waals surface area (Å²) in [6, 6.07) is 11.3. The number of nitrogens with zero attached hydrogens (tertiary/aromatic N) is 5. The fourth-order valence-corrected chi connectivity index (χ4v) is 5.16. The van der Waals surface area contributed by atoms with Gasteiger partial charge >= 0.3 is 6.03 Å². The average Bonchev–Trinajstić information content (AvgIpc) is 3.61. The molecule has 0 radical (unpaired) electrons. The molecule has 1 aliphatic heterocycles. The van der Waals surface area contributed by atoms with Gasteiger partial charge in [-0.1, -0.05) is 30.3 Å². The molecule has 0 saturated carbocycles. The van der Waals surface area contributed by atoms with Crippen molar-refractivity contribution in [3.05, 3.63) is 53.7 Å². The van der Waals surface area contributed by atoms with Gasteiger partial charge in [0.05, 0.1) is 31.6 Å². The van der Waals surface area contributed by atoms with Crippen LogP contribution in [-0.2, 0) is 22.7 Å². The van der Waals surface area contributed by atoms with E-state index in [2.05, 4.69) is 21.7 Å². The van der Waals surface area contributed by atoms with Gasteiger partial charge in [0.15, 0.2) is 0 Å². The molecule has 0 unspecified atom stereocenters. The molecule has 11 heteroatoms. The van der Waals surface area contributed by atoms with E-state index >= 15 is 0 Å². The molecule has 0 spiro atoms. The molecular formula is C27H36N6O4S. The molecule has 2 bridgehead atoms. The van der Waals surface area contributed by atoms with E-state index in [9.17, 15) is 14.7 Å². The van der Waals surface area contributed by atoms with E-state index < -0.39 is 0 Å². The van der Waals surface area contributed by atoms with E-state index in [1.165, 1.54) is 4.88 Å². The minimum atomic E-state index is -0.376. The fraction of sp³-hybridized carbons (Fsp3) is 0.481. The highest BCUT2D eigenvalue weighted by atomic mass is 32.1. The van der Waals surface area contributed by atoms with E-state index in [1.807, 2.05) is 55.8 Å². The van der Waals surface area contributed by atoms with Crippen molar-refractivity contribution in [2.24, 2.45) is 5.92 Å². The number of aliphatic hydroxyl groups is 1. The fourth-order valence-electron chi connectivity index (χ4n) is 4.43. The van der Waals surface area contributed by atoms with Crippen LogP contribution >= 0.6 is 11.3 Å². The van der Waals surface area contributed by atoms with E-state index in [-0.39, 0.29) is 43.2 Å². The van der Waals surface area contributed by atoms with Crippen molar-refractivity contribution in [3.63, 3.8) is 0 Å². The molecule has 2 N–H and O–H groups in total. The van der Waals surface area contributed by atoms with Gasteiger partial charge in [-0.15, -0.1) is 16.4 Å². The Morgan fingerprint density at radius 3 is 2.82 bits per heavy atom. The second-order valence-electron chi connectivity index (χ2n) is 9.85. The minimum Gasteiger partial charge on any atom is -0.394 e. The first-order chi connectivity index (χ1) is 18.3. The summed E-state index contributed by atoms with van der Waals surface area (Å²) in [4.78, 5) is 30.5. The lowest BCUT2D eigenvalue weighted by molar-refractivity contribution is -0.136. The molecule has 3 atom stereocenters. The number of carbonyl (C=O) groups is 2. The normalized spacial score (nSPS) is 19.7. The zero-order valence-corrected chi connectivity index (χ0v) is 22.9. The Labute approximate surface area is 227 Å². The van der Waals surface area contributed by atoms with Gasteiger partial charge in [-0.05, 0) is 42.5 Å². The van der Waals surface area contributed by atoms with Crippen molar-refractivity contribution in [2.75, 3.05) is 32.1 Å². The van der Waals surface area contributed by atoms with Crippen LogP contribution in [0.15, 0.2) is 48.0 Å². The van der Waals surface area contributed by atoms with Crippen molar-refractivity contribution in [1.29, 1.82) is 0 Å². The summed E-state index contributed by atoms with van der Waals surface area (Å²) >= 11 is 1.67. The van der Waals surface area contributed by atoms with Crippen LogP contribution in [0.5, 0.6) is 0 Å². The number of aromatic nitrogens is 3. The van der Waals surface area contributed by atoms with Gasteiger partial charge in [-0.2, -0.15) is 0 Å². The van der Waals surface area contributed by atoms with Gasteiger partial charge in [0.25, 0.3) is 0 Å². The number of hydrogen-bond acceptors (Lipinski definition) is 7. The summed E-state index contributed by atoms with van der Waals surface area (Å²) in [5.41, 5.74) is 2.51. The van der Waals surface area contributed by atoms with Crippen molar-refractivity contribution in [3.8, 4) is 10.4 Å². The van der Waals surface area contributed by atoms with Gasteiger partial charge < -0.3 is 25.0 Å². The third-order valence-electron chi connectivity index (χ3n) is 6.79. The topological polar surface area (TPSA) is 113 Å². The summed E-state index contributed by atoms with van der Waals surface area (Å²) in [6.07, 6.45) is 2.44. The monoisotopic (exact) mass is 540 g/mol. The number of anilines is 1. The number of rotatable bonds is 6. The number of urea groups is 1. The summed E-state index contributed by atoms with van der Waals surface area (Å²) in [5, 5.41) is 23.1. The van der Waals surface area contributed by atoms with Gasteiger partial charge in [0.1, 0.15) is 5.69 Å². The number of benzene rings is 1. The molecule has 4 rings (SSSR count). The number of hydrogen-bond donors (Lipinski definition) is 2. The minimum absolute atomic E-state index is 0.0196. The first-order valence-corrected chi connectivity index (χ1v) is 13.8. The Morgan fingerprint density at radius 1 is 1.32 bits per heavy atom. The first-order valence-electron chi connectivity index (χ1n) is 12.9. The first kappa shape index (κ1) is 27.7. The quantitative estimate of drug-likeness (QED) is 0.493. The van der Waals surface area contributed by atoms with Crippen LogP contribution in [0.4, 0.5) is 10.5 Å². The lowest BCUT2D eigenvalue weighted by atomic mass is 10.0. The maximum Gasteiger partial charge on any atom is 0.321 e. The maximum absolute atomic E-state index is 13.0. The Hall–Kier alpha value is -3.28. The van der Waals surface area contributed by atoms with Crippen LogP contribution in [0.3, 0.4) is 0 Å². The number of thiophene rings is 1. The summed E-state index contributed by atoms with van der Waals surface area (Å²) in [6.45, 7) is 5.27. The second kappa shape index (κ2) is 13.0. The zero-order chi connectivity index (χ0) is 27.1. The zero-order valence-electron chi connectivity index (χ0n) is 22.1. The predicted molar refractivity (Wildman–Crippen MR) is 147 cm³/mol. The van der Waals surface area contributed by atoms with Crippen molar-refractivity contribution in [1.82, 2.24) is 24.8 Å². The third-order valence-corrected chi connectivity index (χ3v) is 7.71. The third kappa shape index (κ3) is 7.18. The smallest absolute Gasteiger partial charge is 0.321 e. The number of aryl methyl sites for hydroxylation is 1. The molecule has 0 aliphatic carbocycles. The molecule has 3 heterocycles. The van der Waals surface area contributed by atoms with Gasteiger partial charge in [-0.25, -0.2) is 4.79 Å². The lowest BCUT2D eigenvalue weighted by Crippen LogP contribution is -2.48.